The molecule has 0 bridgehead atoms. The molecule has 2 atom stereocenters. The molecule has 1 N–H and O–H groups in total. The van der Waals surface area contributed by atoms with Crippen molar-refractivity contribution in [3.05, 3.63) is 47.8 Å². The Kier molecular flexibility index (Phi) is 8.63. The quantitative estimate of drug-likeness (QED) is 0.207. The van der Waals surface area contributed by atoms with Gasteiger partial charge in [-0.1, -0.05) is 24.2 Å². The van der Waals surface area contributed by atoms with E-state index in [0.29, 0.717) is 59.3 Å². The molecule has 10 nitrogen and oxygen atoms in total. The van der Waals surface area contributed by atoms with Gasteiger partial charge in [-0.2, -0.15) is 23.3 Å². The maximum absolute atomic E-state index is 13.8. The normalized spacial score (nSPS) is 21.0. The number of nitrogens with one attached hydrogen (secondary N) is 1. The molecule has 260 valence electrons. The highest BCUT2D eigenvalue weighted by atomic mass is 35.5. The molecule has 1 spiro atoms. The van der Waals surface area contributed by atoms with Crippen molar-refractivity contribution in [2.75, 3.05) is 51.3 Å². The van der Waals surface area contributed by atoms with E-state index in [-0.39, 0.29) is 45.7 Å². The third-order valence-corrected chi connectivity index (χ3v) is 10.8. The number of hydrogen-bond donors (Lipinski definition) is 1. The second kappa shape index (κ2) is 12.7. The lowest BCUT2D eigenvalue weighted by atomic mass is 9.69. The highest BCUT2D eigenvalue weighted by molar-refractivity contribution is 6.39. The molecule has 3 saturated heterocycles. The van der Waals surface area contributed by atoms with Crippen molar-refractivity contribution in [3.63, 3.8) is 0 Å². The van der Waals surface area contributed by atoms with Crippen molar-refractivity contribution in [1.29, 1.82) is 0 Å². The Balaban J connectivity index is 1.39. The minimum atomic E-state index is -4.62. The molecule has 0 aliphatic carbocycles. The third kappa shape index (κ3) is 6.16. The third-order valence-electron chi connectivity index (χ3n) is 10.4. The zero-order chi connectivity index (χ0) is 34.7. The van der Waals surface area contributed by atoms with Gasteiger partial charge in [0.15, 0.2) is 12.4 Å². The fourth-order valence-corrected chi connectivity index (χ4v) is 8.33. The molecule has 1 unspecified atom stereocenters. The molecule has 7 rings (SSSR count). The first-order valence-corrected chi connectivity index (χ1v) is 16.9. The summed E-state index contributed by atoms with van der Waals surface area (Å²) in [4.78, 5) is 27.7. The van der Waals surface area contributed by atoms with E-state index in [0.717, 1.165) is 37.8 Å². The number of alkyl halides is 3. The number of carbonyl (C=O) groups is 1. The van der Waals surface area contributed by atoms with Crippen LogP contribution in [-0.2, 0) is 4.79 Å². The number of likely N-dealkylation sites (N-methyl/N-ethyl adjacent to an activating group) is 1. The smallest absolute Gasteiger partial charge is 0.422 e. The highest BCUT2D eigenvalue weighted by Gasteiger charge is 2.49. The van der Waals surface area contributed by atoms with Crippen LogP contribution in [0.2, 0.25) is 5.02 Å². The Bertz CT molecular complexity index is 1930. The van der Waals surface area contributed by atoms with Crippen molar-refractivity contribution in [3.8, 4) is 22.9 Å². The van der Waals surface area contributed by atoms with Crippen molar-refractivity contribution in [2.45, 2.75) is 57.8 Å². The van der Waals surface area contributed by atoms with Crippen LogP contribution in [0.15, 0.2) is 37.2 Å². The van der Waals surface area contributed by atoms with Gasteiger partial charge in [-0.05, 0) is 70.8 Å². The summed E-state index contributed by atoms with van der Waals surface area (Å²) in [5.41, 5.74) is 3.15. The lowest BCUT2D eigenvalue weighted by Gasteiger charge is -2.56. The number of amides is 1. The van der Waals surface area contributed by atoms with Crippen molar-refractivity contribution < 1.29 is 27.4 Å². The Labute approximate surface area is 287 Å². The molecule has 14 heteroatoms. The largest absolute Gasteiger partial charge is 0.481 e. The number of likely N-dealkylation sites (tertiary alicyclic amines) is 2. The van der Waals surface area contributed by atoms with Gasteiger partial charge in [-0.15, -0.1) is 0 Å². The molecule has 49 heavy (non-hydrogen) atoms. The number of rotatable bonds is 8. The molecular formula is C35H39ClF3N7O3. The number of anilines is 1. The number of nitrogens with zero attached hydrogens (tertiary/aromatic N) is 6. The Morgan fingerprint density at radius 2 is 1.98 bits per heavy atom. The monoisotopic (exact) mass is 697 g/mol. The average Bonchev–Trinajstić information content (AvgIpc) is 3.70. The number of ether oxygens (including phenoxy) is 2. The summed E-state index contributed by atoms with van der Waals surface area (Å²) in [7, 11) is 2.03. The second-order valence-electron chi connectivity index (χ2n) is 13.8. The molecule has 3 aliphatic heterocycles. The predicted molar refractivity (Wildman–Crippen MR) is 182 cm³/mol. The zero-order valence-corrected chi connectivity index (χ0v) is 28.5. The van der Waals surface area contributed by atoms with Crippen LogP contribution in [0.3, 0.4) is 0 Å². The summed E-state index contributed by atoms with van der Waals surface area (Å²) >= 11 is 7.43. The van der Waals surface area contributed by atoms with Gasteiger partial charge in [0.05, 0.1) is 22.4 Å². The van der Waals surface area contributed by atoms with E-state index in [1.165, 1.54) is 6.08 Å². The number of aromatic nitrogens is 4. The topological polar surface area (TPSA) is 99.7 Å². The second-order valence-corrected chi connectivity index (χ2v) is 14.1. The van der Waals surface area contributed by atoms with Crippen LogP contribution in [0.5, 0.6) is 11.8 Å². The van der Waals surface area contributed by atoms with Crippen LogP contribution in [0.1, 0.15) is 38.2 Å². The number of halogens is 4. The van der Waals surface area contributed by atoms with Gasteiger partial charge in [0.25, 0.3) is 0 Å². The van der Waals surface area contributed by atoms with Gasteiger partial charge in [-0.3, -0.25) is 9.89 Å². The Hall–Kier alpha value is -4.10. The van der Waals surface area contributed by atoms with Gasteiger partial charge in [0.1, 0.15) is 12.1 Å². The average molecular weight is 698 g/mol. The number of H-pyrrole nitrogens is 1. The number of aryl methyl sites for hydroxylation is 1. The molecule has 3 aliphatic rings. The van der Waals surface area contributed by atoms with Crippen LogP contribution in [-0.4, -0.2) is 101 Å². The van der Waals surface area contributed by atoms with E-state index in [1.807, 2.05) is 26.1 Å². The summed E-state index contributed by atoms with van der Waals surface area (Å²) < 4.78 is 53.3. The standard InChI is InChI=1S/C35H39ClF3N7O3/c1-5-26(47)45-17-34(18-45)10-12-46(21(3)13-34)31-24-14-40-33(48-16-22-7-6-11-44(22)4)42-30(24)32(49-19-35(37,38)39)28(29(31)36)27-20(2)8-9-25-23(27)15-41-43-25/h5,8-9,14-15,21-22H,1,6-7,10-13,16-19H2,2-4H3,(H,41,43)/t21?,22-/m0/s1. The van der Waals surface area contributed by atoms with Crippen LogP contribution < -0.4 is 14.4 Å². The number of fused-ring (bicyclic) bond motifs is 2. The van der Waals surface area contributed by atoms with Crippen LogP contribution in [0.25, 0.3) is 32.9 Å². The molecular weight excluding hydrogens is 659 g/mol. The maximum atomic E-state index is 13.8. The van der Waals surface area contributed by atoms with E-state index >= 15 is 0 Å². The molecule has 2 aromatic carbocycles. The van der Waals surface area contributed by atoms with Gasteiger partial charge in [0, 0.05) is 65.2 Å². The summed E-state index contributed by atoms with van der Waals surface area (Å²) in [6, 6.07) is 3.95. The SMILES string of the molecule is C=CC(=O)N1CC2(CCN(c3c(Cl)c(-c4c(C)ccc5[nH]ncc45)c(OCC(F)(F)F)c4nc(OC[C@@H]5CCCN5C)ncc34)C(C)C2)C1. The van der Waals surface area contributed by atoms with Gasteiger partial charge in [0.2, 0.25) is 5.91 Å². The maximum Gasteiger partial charge on any atom is 0.422 e. The molecule has 0 radical (unpaired) electrons. The van der Waals surface area contributed by atoms with Gasteiger partial charge >= 0.3 is 12.2 Å². The Morgan fingerprint density at radius 3 is 2.67 bits per heavy atom. The molecule has 3 fully saturated rings. The summed E-state index contributed by atoms with van der Waals surface area (Å²) in [5, 5.41) is 8.57. The van der Waals surface area contributed by atoms with Gasteiger partial charge in [-0.25, -0.2) is 4.98 Å². The highest BCUT2D eigenvalue weighted by Crippen LogP contribution is 2.53. The number of aromatic amines is 1. The van der Waals surface area contributed by atoms with Crippen molar-refractivity contribution in [2.24, 2.45) is 5.41 Å². The van der Waals surface area contributed by atoms with Crippen LogP contribution in [0, 0.1) is 12.3 Å². The predicted octanol–water partition coefficient (Wildman–Crippen LogP) is 6.55. The first-order valence-electron chi connectivity index (χ1n) is 16.5. The Morgan fingerprint density at radius 1 is 1.18 bits per heavy atom. The van der Waals surface area contributed by atoms with E-state index in [9.17, 15) is 18.0 Å². The first-order chi connectivity index (χ1) is 23.4. The minimum absolute atomic E-state index is 0.0233. The number of piperidine rings is 1. The van der Waals surface area contributed by atoms with Crippen molar-refractivity contribution >= 4 is 45.0 Å². The van der Waals surface area contributed by atoms with E-state index in [4.69, 9.17) is 26.1 Å². The lowest BCUT2D eigenvalue weighted by Crippen LogP contribution is -2.63. The summed E-state index contributed by atoms with van der Waals surface area (Å²) in [5.74, 6) is -0.172. The summed E-state index contributed by atoms with van der Waals surface area (Å²) in [6.45, 7) is 9.28. The number of carbonyl (C=O) groups excluding carboxylic acids is 1. The van der Waals surface area contributed by atoms with Crippen LogP contribution >= 0.6 is 11.6 Å². The molecule has 1 amide bonds. The molecule has 0 saturated carbocycles. The van der Waals surface area contributed by atoms with Gasteiger partial charge < -0.3 is 24.2 Å². The van der Waals surface area contributed by atoms with E-state index in [1.54, 1.807) is 17.3 Å². The minimum Gasteiger partial charge on any atom is -0.481 e. The van der Waals surface area contributed by atoms with Crippen LogP contribution in [0.4, 0.5) is 18.9 Å². The lowest BCUT2D eigenvalue weighted by molar-refractivity contribution is -0.153. The molecule has 4 aromatic rings. The summed E-state index contributed by atoms with van der Waals surface area (Å²) in [6.07, 6.45) is 3.55. The zero-order valence-electron chi connectivity index (χ0n) is 27.7. The fraction of sp³-hybridized carbons (Fsp3) is 0.486. The van der Waals surface area contributed by atoms with Crippen molar-refractivity contribution in [1.82, 2.24) is 30.0 Å². The fourth-order valence-electron chi connectivity index (χ4n) is 7.94. The first kappa shape index (κ1) is 33.4. The molecule has 5 heterocycles. The van der Waals surface area contributed by atoms with E-state index < -0.39 is 12.8 Å². The van der Waals surface area contributed by atoms with E-state index in [2.05, 4.69) is 38.5 Å². The number of benzene rings is 2. The molecule has 2 aromatic heterocycles. The number of hydrogen-bond acceptors (Lipinski definition) is 8.